The van der Waals surface area contributed by atoms with Gasteiger partial charge in [-0.2, -0.15) is 0 Å². The molecule has 0 aromatic heterocycles. The smallest absolute Gasteiger partial charge is 0.154 e. The number of hydrogen-bond donors (Lipinski definition) is 0. The Balaban J connectivity index is 2.66. The highest BCUT2D eigenvalue weighted by Gasteiger charge is 2.25. The van der Waals surface area contributed by atoms with Gasteiger partial charge in [-0.3, -0.25) is 0 Å². The van der Waals surface area contributed by atoms with E-state index in [2.05, 4.69) is 11.8 Å². The largest absolute Gasteiger partial charge is 0.303 e. The molecule has 0 N–H and O–H groups in total. The minimum Gasteiger partial charge on any atom is -0.303 e. The van der Waals surface area contributed by atoms with Crippen LogP contribution in [0.4, 0.5) is 0 Å². The van der Waals surface area contributed by atoms with Gasteiger partial charge in [-0.1, -0.05) is 6.92 Å². The molecule has 3 nitrogen and oxygen atoms in total. The minimum absolute atomic E-state index is 0.144. The highest BCUT2D eigenvalue weighted by atomic mass is 32.2. The van der Waals surface area contributed by atoms with Crippen LogP contribution in [0.15, 0.2) is 0 Å². The maximum atomic E-state index is 11.4. The fourth-order valence-corrected chi connectivity index (χ4v) is 2.81. The first-order chi connectivity index (χ1) is 5.56. The van der Waals surface area contributed by atoms with Gasteiger partial charge in [0.05, 0.1) is 11.0 Å². The molecule has 72 valence electrons. The molecule has 0 aromatic rings. The highest BCUT2D eigenvalue weighted by Crippen LogP contribution is 2.12. The van der Waals surface area contributed by atoms with E-state index in [1.54, 1.807) is 0 Å². The molecular formula is C8H17NO2S. The lowest BCUT2D eigenvalue weighted by molar-refractivity contribution is 0.307. The van der Waals surface area contributed by atoms with Crippen LogP contribution < -0.4 is 0 Å². The zero-order valence-electron chi connectivity index (χ0n) is 7.78. The van der Waals surface area contributed by atoms with E-state index in [4.69, 9.17) is 0 Å². The van der Waals surface area contributed by atoms with E-state index in [0.717, 1.165) is 19.5 Å². The van der Waals surface area contributed by atoms with E-state index < -0.39 is 9.84 Å². The Kier molecular flexibility index (Phi) is 3.12. The molecule has 1 aliphatic heterocycles. The summed E-state index contributed by atoms with van der Waals surface area (Å²) in [6.45, 7) is 6.49. The molecule has 0 aliphatic carbocycles. The second kappa shape index (κ2) is 3.75. The van der Waals surface area contributed by atoms with Crippen LogP contribution in [0.5, 0.6) is 0 Å². The molecule has 0 aromatic carbocycles. The Morgan fingerprint density at radius 2 is 2.08 bits per heavy atom. The topological polar surface area (TPSA) is 37.4 Å². The molecule has 1 unspecified atom stereocenters. The van der Waals surface area contributed by atoms with Gasteiger partial charge in [-0.25, -0.2) is 8.42 Å². The first-order valence-corrected chi connectivity index (χ1v) is 6.21. The highest BCUT2D eigenvalue weighted by molar-refractivity contribution is 7.92. The summed E-state index contributed by atoms with van der Waals surface area (Å²) in [5.41, 5.74) is 0. The fourth-order valence-electron chi connectivity index (χ4n) is 1.43. The average molecular weight is 191 g/mol. The Hall–Kier alpha value is -0.0900. The van der Waals surface area contributed by atoms with Crippen LogP contribution in [-0.2, 0) is 9.84 Å². The zero-order chi connectivity index (χ0) is 9.19. The summed E-state index contributed by atoms with van der Waals surface area (Å²) in [5.74, 6) is 0.335. The van der Waals surface area contributed by atoms with Crippen LogP contribution in [0, 0.1) is 0 Å². The van der Waals surface area contributed by atoms with Gasteiger partial charge < -0.3 is 4.90 Å². The standard InChI is InChI=1S/C8H17NO2S/c1-3-9-5-4-8(2)12(10,11)7-6-9/h8H,3-7H2,1-2H3. The number of hydrogen-bond acceptors (Lipinski definition) is 3. The zero-order valence-corrected chi connectivity index (χ0v) is 8.60. The van der Waals surface area contributed by atoms with Gasteiger partial charge >= 0.3 is 0 Å². The molecule has 0 amide bonds. The van der Waals surface area contributed by atoms with Crippen molar-refractivity contribution in [3.8, 4) is 0 Å². The van der Waals surface area contributed by atoms with Gasteiger partial charge in [0.25, 0.3) is 0 Å². The third-order valence-electron chi connectivity index (χ3n) is 2.60. The lowest BCUT2D eigenvalue weighted by atomic mass is 10.3. The first kappa shape index (κ1) is 9.99. The molecule has 0 spiro atoms. The van der Waals surface area contributed by atoms with E-state index in [-0.39, 0.29) is 5.25 Å². The Morgan fingerprint density at radius 3 is 2.67 bits per heavy atom. The lowest BCUT2D eigenvalue weighted by Crippen LogP contribution is -2.26. The molecule has 0 radical (unpaired) electrons. The molecular weight excluding hydrogens is 174 g/mol. The van der Waals surface area contributed by atoms with Gasteiger partial charge in [0.1, 0.15) is 0 Å². The van der Waals surface area contributed by atoms with E-state index in [1.165, 1.54) is 0 Å². The van der Waals surface area contributed by atoms with E-state index >= 15 is 0 Å². The maximum Gasteiger partial charge on any atom is 0.154 e. The van der Waals surface area contributed by atoms with Gasteiger partial charge in [-0.05, 0) is 26.4 Å². The number of sulfone groups is 1. The summed E-state index contributed by atoms with van der Waals surface area (Å²) < 4.78 is 22.9. The van der Waals surface area contributed by atoms with Gasteiger partial charge in [0.15, 0.2) is 9.84 Å². The lowest BCUT2D eigenvalue weighted by Gasteiger charge is -2.15. The van der Waals surface area contributed by atoms with Crippen molar-refractivity contribution in [2.45, 2.75) is 25.5 Å². The molecule has 0 saturated carbocycles. The minimum atomic E-state index is -2.78. The molecule has 1 fully saturated rings. The van der Waals surface area contributed by atoms with E-state index in [1.807, 2.05) is 6.92 Å². The predicted octanol–water partition coefficient (Wildman–Crippen LogP) is 0.515. The van der Waals surface area contributed by atoms with Crippen LogP contribution in [-0.4, -0.2) is 44.0 Å². The van der Waals surface area contributed by atoms with Gasteiger partial charge in [0.2, 0.25) is 0 Å². The van der Waals surface area contributed by atoms with Crippen molar-refractivity contribution < 1.29 is 8.42 Å². The summed E-state index contributed by atoms with van der Waals surface area (Å²) in [6, 6.07) is 0. The van der Waals surface area contributed by atoms with Crippen LogP contribution in [0.25, 0.3) is 0 Å². The normalized spacial score (nSPS) is 31.3. The van der Waals surface area contributed by atoms with Crippen molar-refractivity contribution in [3.05, 3.63) is 0 Å². The van der Waals surface area contributed by atoms with E-state index in [0.29, 0.717) is 12.3 Å². The third-order valence-corrected chi connectivity index (χ3v) is 4.82. The molecule has 1 atom stereocenters. The summed E-state index contributed by atoms with van der Waals surface area (Å²) in [6.07, 6.45) is 0.788. The Labute approximate surface area is 74.7 Å². The van der Waals surface area contributed by atoms with Crippen molar-refractivity contribution in [1.29, 1.82) is 0 Å². The molecule has 1 rings (SSSR count). The van der Waals surface area contributed by atoms with Crippen LogP contribution in [0.2, 0.25) is 0 Å². The fraction of sp³-hybridized carbons (Fsp3) is 1.00. The molecule has 1 saturated heterocycles. The number of rotatable bonds is 1. The summed E-state index contributed by atoms with van der Waals surface area (Å²) in [7, 11) is -2.78. The van der Waals surface area contributed by atoms with Gasteiger partial charge in [0, 0.05) is 6.54 Å². The SMILES string of the molecule is CCN1CCC(C)S(=O)(=O)CC1. The van der Waals surface area contributed by atoms with Crippen LogP contribution >= 0.6 is 0 Å². The number of nitrogens with zero attached hydrogens (tertiary/aromatic N) is 1. The third kappa shape index (κ3) is 2.20. The monoisotopic (exact) mass is 191 g/mol. The molecule has 1 aliphatic rings. The van der Waals surface area contributed by atoms with Crippen molar-refractivity contribution in [1.82, 2.24) is 4.90 Å². The predicted molar refractivity (Wildman–Crippen MR) is 50.0 cm³/mol. The van der Waals surface area contributed by atoms with Crippen molar-refractivity contribution in [3.63, 3.8) is 0 Å². The van der Waals surface area contributed by atoms with Crippen molar-refractivity contribution in [2.24, 2.45) is 0 Å². The van der Waals surface area contributed by atoms with Crippen molar-refractivity contribution >= 4 is 9.84 Å². The molecule has 12 heavy (non-hydrogen) atoms. The Morgan fingerprint density at radius 1 is 1.42 bits per heavy atom. The second-order valence-electron chi connectivity index (χ2n) is 3.40. The second-order valence-corrected chi connectivity index (χ2v) is 5.94. The molecule has 0 bridgehead atoms. The van der Waals surface area contributed by atoms with Crippen molar-refractivity contribution in [2.75, 3.05) is 25.4 Å². The molecule has 4 heteroatoms. The quantitative estimate of drug-likeness (QED) is 0.606. The Bertz CT molecular complexity index is 235. The van der Waals surface area contributed by atoms with Gasteiger partial charge in [-0.15, -0.1) is 0 Å². The average Bonchev–Trinajstić information content (AvgIpc) is 2.14. The summed E-state index contributed by atoms with van der Waals surface area (Å²) in [4.78, 5) is 2.20. The first-order valence-electron chi connectivity index (χ1n) is 4.50. The summed E-state index contributed by atoms with van der Waals surface area (Å²) >= 11 is 0. The van der Waals surface area contributed by atoms with Crippen LogP contribution in [0.3, 0.4) is 0 Å². The summed E-state index contributed by atoms with van der Waals surface area (Å²) in [5, 5.41) is -0.144. The van der Waals surface area contributed by atoms with Crippen LogP contribution in [0.1, 0.15) is 20.3 Å². The molecule has 1 heterocycles. The van der Waals surface area contributed by atoms with E-state index in [9.17, 15) is 8.42 Å². The maximum absolute atomic E-state index is 11.4.